The molecule has 0 aliphatic carbocycles. The summed E-state index contributed by atoms with van der Waals surface area (Å²) in [7, 11) is -3.66. The maximum Gasteiger partial charge on any atom is 0.241 e. The second-order valence-corrected chi connectivity index (χ2v) is 6.60. The molecule has 1 unspecified atom stereocenters. The highest BCUT2D eigenvalue weighted by molar-refractivity contribution is 7.89. The number of Topliss-reactive ketones (excluding diaryl/α,β-unsaturated/α-hetero) is 1. The fourth-order valence-corrected chi connectivity index (χ4v) is 3.10. The lowest BCUT2D eigenvalue weighted by Crippen LogP contribution is -2.39. The van der Waals surface area contributed by atoms with Gasteiger partial charge >= 0.3 is 0 Å². The van der Waals surface area contributed by atoms with Crippen LogP contribution in [0.4, 0.5) is 0 Å². The third kappa shape index (κ3) is 5.03. The number of ketones is 1. The minimum atomic E-state index is -3.66. The molecule has 20 heavy (non-hydrogen) atoms. The highest BCUT2D eigenvalue weighted by Gasteiger charge is 2.22. The number of unbranched alkanes of at least 4 members (excludes halogenated alkanes) is 1. The summed E-state index contributed by atoms with van der Waals surface area (Å²) >= 11 is 0. The molecular formula is C14H22N2O3S. The van der Waals surface area contributed by atoms with Crippen LogP contribution < -0.4 is 10.5 Å². The highest BCUT2D eigenvalue weighted by Crippen LogP contribution is 2.12. The van der Waals surface area contributed by atoms with E-state index in [9.17, 15) is 13.2 Å². The summed E-state index contributed by atoms with van der Waals surface area (Å²) < 4.78 is 26.9. The third-order valence-electron chi connectivity index (χ3n) is 3.07. The zero-order valence-electron chi connectivity index (χ0n) is 11.9. The predicted octanol–water partition coefficient (Wildman–Crippen LogP) is 1.36. The molecule has 112 valence electrons. The molecule has 0 heterocycles. The predicted molar refractivity (Wildman–Crippen MR) is 78.9 cm³/mol. The van der Waals surface area contributed by atoms with Gasteiger partial charge in [-0.3, -0.25) is 4.79 Å². The molecule has 0 aliphatic heterocycles. The smallest absolute Gasteiger partial charge is 0.241 e. The van der Waals surface area contributed by atoms with Gasteiger partial charge in [0, 0.05) is 0 Å². The van der Waals surface area contributed by atoms with Gasteiger partial charge in [-0.05, 0) is 45.4 Å². The van der Waals surface area contributed by atoms with Gasteiger partial charge < -0.3 is 5.73 Å². The lowest BCUT2D eigenvalue weighted by molar-refractivity contribution is -0.118. The Morgan fingerprint density at radius 3 is 2.35 bits per heavy atom. The second-order valence-electron chi connectivity index (χ2n) is 4.88. The van der Waals surface area contributed by atoms with Gasteiger partial charge in [0.25, 0.3) is 0 Å². The van der Waals surface area contributed by atoms with Crippen LogP contribution in [0.3, 0.4) is 0 Å². The summed E-state index contributed by atoms with van der Waals surface area (Å²) in [5.74, 6) is -0.183. The third-order valence-corrected chi connectivity index (χ3v) is 4.55. The first-order chi connectivity index (χ1) is 9.36. The number of benzene rings is 1. The normalized spacial score (nSPS) is 13.2. The van der Waals surface area contributed by atoms with E-state index in [4.69, 9.17) is 5.73 Å². The molecule has 0 fully saturated rings. The van der Waals surface area contributed by atoms with E-state index in [-0.39, 0.29) is 10.7 Å². The van der Waals surface area contributed by atoms with Crippen molar-refractivity contribution in [3.05, 3.63) is 29.8 Å². The van der Waals surface area contributed by atoms with E-state index in [0.29, 0.717) is 13.0 Å². The van der Waals surface area contributed by atoms with Gasteiger partial charge in [-0.1, -0.05) is 24.1 Å². The van der Waals surface area contributed by atoms with E-state index in [1.807, 2.05) is 6.92 Å². The van der Waals surface area contributed by atoms with Crippen LogP contribution in [0.2, 0.25) is 0 Å². The lowest BCUT2D eigenvalue weighted by atomic mass is 10.1. The topological polar surface area (TPSA) is 89.3 Å². The Bertz CT molecular complexity index is 538. The average molecular weight is 298 g/mol. The largest absolute Gasteiger partial charge is 0.330 e. The number of hydrogen-bond donors (Lipinski definition) is 2. The van der Waals surface area contributed by atoms with Gasteiger partial charge in [-0.15, -0.1) is 0 Å². The summed E-state index contributed by atoms with van der Waals surface area (Å²) in [5.41, 5.74) is 6.38. The minimum absolute atomic E-state index is 0.174. The highest BCUT2D eigenvalue weighted by atomic mass is 32.2. The van der Waals surface area contributed by atoms with E-state index >= 15 is 0 Å². The maximum absolute atomic E-state index is 12.2. The number of sulfonamides is 1. The zero-order chi connectivity index (χ0) is 15.2. The van der Waals surface area contributed by atoms with E-state index in [1.54, 1.807) is 12.1 Å². The summed E-state index contributed by atoms with van der Waals surface area (Å²) in [6, 6.07) is 5.84. The Labute approximate surface area is 120 Å². The van der Waals surface area contributed by atoms with Crippen LogP contribution >= 0.6 is 0 Å². The summed E-state index contributed by atoms with van der Waals surface area (Å²) in [5, 5.41) is 0. The molecule has 0 aromatic heterocycles. The Hall–Kier alpha value is -1.24. The van der Waals surface area contributed by atoms with Crippen molar-refractivity contribution in [1.82, 2.24) is 4.72 Å². The molecular weight excluding hydrogens is 276 g/mol. The van der Waals surface area contributed by atoms with Crippen molar-refractivity contribution < 1.29 is 13.2 Å². The van der Waals surface area contributed by atoms with Crippen LogP contribution in [-0.2, 0) is 14.8 Å². The van der Waals surface area contributed by atoms with Gasteiger partial charge in [-0.25, -0.2) is 13.1 Å². The molecule has 0 bridgehead atoms. The van der Waals surface area contributed by atoms with Gasteiger partial charge in [0.05, 0.1) is 10.9 Å². The van der Waals surface area contributed by atoms with Crippen molar-refractivity contribution in [1.29, 1.82) is 0 Å². The second kappa shape index (κ2) is 7.52. The molecule has 5 nitrogen and oxygen atoms in total. The average Bonchev–Trinajstić information content (AvgIpc) is 2.38. The molecule has 6 heteroatoms. The number of carbonyl (C=O) groups excluding carboxylic acids is 1. The first-order valence-electron chi connectivity index (χ1n) is 6.66. The maximum atomic E-state index is 12.2. The number of nitrogens with one attached hydrogen (secondary N) is 1. The van der Waals surface area contributed by atoms with Crippen molar-refractivity contribution in [2.45, 2.75) is 44.0 Å². The first kappa shape index (κ1) is 16.8. The van der Waals surface area contributed by atoms with Crippen LogP contribution in [0.1, 0.15) is 31.7 Å². The summed E-state index contributed by atoms with van der Waals surface area (Å²) in [4.78, 5) is 11.7. The number of hydrogen-bond acceptors (Lipinski definition) is 4. The standard InChI is InChI=1S/C14H22N2O3S/c1-11-6-8-13(9-7-11)20(18,19)16-14(12(2)17)5-3-4-10-15/h6-9,14,16H,3-5,10,15H2,1-2H3. The van der Waals surface area contributed by atoms with Gasteiger partial charge in [0.15, 0.2) is 0 Å². The van der Waals surface area contributed by atoms with Crippen LogP contribution in [0, 0.1) is 6.92 Å². The number of carbonyl (C=O) groups is 1. The fraction of sp³-hybridized carbons (Fsp3) is 0.500. The van der Waals surface area contributed by atoms with Gasteiger partial charge in [0.1, 0.15) is 5.78 Å². The fourth-order valence-electron chi connectivity index (χ4n) is 1.81. The molecule has 0 saturated carbocycles. The molecule has 1 rings (SSSR count). The van der Waals surface area contributed by atoms with Gasteiger partial charge in [-0.2, -0.15) is 0 Å². The van der Waals surface area contributed by atoms with Crippen molar-refractivity contribution in [2.75, 3.05) is 6.54 Å². The van der Waals surface area contributed by atoms with Crippen LogP contribution in [0.25, 0.3) is 0 Å². The minimum Gasteiger partial charge on any atom is -0.330 e. The number of aryl methyl sites for hydroxylation is 1. The molecule has 0 amide bonds. The molecule has 0 saturated heterocycles. The van der Waals surface area contributed by atoms with E-state index in [2.05, 4.69) is 4.72 Å². The van der Waals surface area contributed by atoms with E-state index in [0.717, 1.165) is 18.4 Å². The quantitative estimate of drug-likeness (QED) is 0.709. The van der Waals surface area contributed by atoms with Crippen LogP contribution in [0.5, 0.6) is 0 Å². The van der Waals surface area contributed by atoms with Gasteiger partial charge in [0.2, 0.25) is 10.0 Å². The lowest BCUT2D eigenvalue weighted by Gasteiger charge is -2.16. The molecule has 1 aromatic carbocycles. The SMILES string of the molecule is CC(=O)C(CCCCN)NS(=O)(=O)c1ccc(C)cc1. The van der Waals surface area contributed by atoms with Crippen molar-refractivity contribution in [3.8, 4) is 0 Å². The Morgan fingerprint density at radius 2 is 1.85 bits per heavy atom. The number of rotatable bonds is 8. The zero-order valence-corrected chi connectivity index (χ0v) is 12.7. The molecule has 3 N–H and O–H groups in total. The van der Waals surface area contributed by atoms with Crippen molar-refractivity contribution in [2.24, 2.45) is 5.73 Å². The summed E-state index contributed by atoms with van der Waals surface area (Å²) in [6.07, 6.45) is 1.96. The molecule has 1 atom stereocenters. The van der Waals surface area contributed by atoms with Crippen LogP contribution in [-0.4, -0.2) is 26.8 Å². The molecule has 0 spiro atoms. The van der Waals surface area contributed by atoms with E-state index in [1.165, 1.54) is 19.1 Å². The first-order valence-corrected chi connectivity index (χ1v) is 8.14. The Balaban J connectivity index is 2.80. The molecule has 1 aromatic rings. The molecule has 0 aliphatic rings. The van der Waals surface area contributed by atoms with Crippen molar-refractivity contribution >= 4 is 15.8 Å². The van der Waals surface area contributed by atoms with Crippen molar-refractivity contribution in [3.63, 3.8) is 0 Å². The molecule has 0 radical (unpaired) electrons. The monoisotopic (exact) mass is 298 g/mol. The Kier molecular flexibility index (Phi) is 6.32. The van der Waals surface area contributed by atoms with E-state index < -0.39 is 16.1 Å². The summed E-state index contributed by atoms with van der Waals surface area (Å²) in [6.45, 7) is 3.81. The number of nitrogens with two attached hydrogens (primary N) is 1. The van der Waals surface area contributed by atoms with Crippen LogP contribution in [0.15, 0.2) is 29.2 Å². The Morgan fingerprint density at radius 1 is 1.25 bits per heavy atom.